The highest BCUT2D eigenvalue weighted by Crippen LogP contribution is 2.21. The van der Waals surface area contributed by atoms with Crippen LogP contribution in [0, 0.1) is 5.92 Å². The third kappa shape index (κ3) is 4.20. The van der Waals surface area contributed by atoms with E-state index in [-0.39, 0.29) is 0 Å². The summed E-state index contributed by atoms with van der Waals surface area (Å²) >= 11 is 1.77. The molecular formula is C12H22N2OS. The molecule has 0 saturated heterocycles. The topological polar surface area (TPSA) is 34.1 Å². The summed E-state index contributed by atoms with van der Waals surface area (Å²) in [6.07, 6.45) is 1.06. The van der Waals surface area contributed by atoms with Gasteiger partial charge in [0.05, 0.1) is 12.3 Å². The molecule has 1 aromatic heterocycles. The third-order valence-corrected chi connectivity index (χ3v) is 3.26. The van der Waals surface area contributed by atoms with E-state index in [0.717, 1.165) is 24.6 Å². The SMILES string of the molecule is CCOCc1nc(CC(C)C)c(CNC)s1. The molecule has 16 heavy (non-hydrogen) atoms. The number of nitrogens with one attached hydrogen (secondary N) is 1. The Hall–Kier alpha value is -0.450. The molecule has 0 aliphatic heterocycles. The predicted molar refractivity (Wildman–Crippen MR) is 68.7 cm³/mol. The lowest BCUT2D eigenvalue weighted by Crippen LogP contribution is -2.07. The monoisotopic (exact) mass is 242 g/mol. The minimum atomic E-state index is 0.649. The van der Waals surface area contributed by atoms with Crippen molar-refractivity contribution < 1.29 is 4.74 Å². The quantitative estimate of drug-likeness (QED) is 0.798. The van der Waals surface area contributed by atoms with E-state index in [2.05, 4.69) is 24.1 Å². The lowest BCUT2D eigenvalue weighted by molar-refractivity contribution is 0.133. The first-order valence-electron chi connectivity index (χ1n) is 5.87. The lowest BCUT2D eigenvalue weighted by atomic mass is 10.1. The number of hydrogen-bond donors (Lipinski definition) is 1. The molecule has 0 radical (unpaired) electrons. The molecule has 0 saturated carbocycles. The van der Waals surface area contributed by atoms with Crippen LogP contribution >= 0.6 is 11.3 Å². The Morgan fingerprint density at radius 1 is 1.44 bits per heavy atom. The molecule has 0 atom stereocenters. The predicted octanol–water partition coefficient (Wildman–Crippen LogP) is 2.60. The molecule has 0 aliphatic rings. The summed E-state index contributed by atoms with van der Waals surface area (Å²) < 4.78 is 5.40. The van der Waals surface area contributed by atoms with E-state index in [1.807, 2.05) is 14.0 Å². The van der Waals surface area contributed by atoms with Crippen LogP contribution in [0.25, 0.3) is 0 Å². The Balaban J connectivity index is 2.73. The number of nitrogens with zero attached hydrogens (tertiary/aromatic N) is 1. The molecule has 1 N–H and O–H groups in total. The maximum absolute atomic E-state index is 5.40. The highest BCUT2D eigenvalue weighted by atomic mass is 32.1. The van der Waals surface area contributed by atoms with Crippen molar-refractivity contribution in [2.75, 3.05) is 13.7 Å². The summed E-state index contributed by atoms with van der Waals surface area (Å²) in [5, 5.41) is 4.30. The van der Waals surface area contributed by atoms with Crippen molar-refractivity contribution in [2.24, 2.45) is 5.92 Å². The van der Waals surface area contributed by atoms with Crippen molar-refractivity contribution in [3.63, 3.8) is 0 Å². The van der Waals surface area contributed by atoms with Crippen molar-refractivity contribution in [3.8, 4) is 0 Å². The van der Waals surface area contributed by atoms with Gasteiger partial charge in [-0.05, 0) is 26.3 Å². The molecule has 4 heteroatoms. The first-order valence-corrected chi connectivity index (χ1v) is 6.68. The lowest BCUT2D eigenvalue weighted by Gasteiger charge is -2.03. The summed E-state index contributed by atoms with van der Waals surface area (Å²) in [5.41, 5.74) is 1.24. The smallest absolute Gasteiger partial charge is 0.119 e. The normalized spacial score (nSPS) is 11.3. The number of aromatic nitrogens is 1. The van der Waals surface area contributed by atoms with Gasteiger partial charge in [-0.25, -0.2) is 4.98 Å². The zero-order chi connectivity index (χ0) is 12.0. The van der Waals surface area contributed by atoms with Crippen molar-refractivity contribution in [2.45, 2.75) is 40.3 Å². The van der Waals surface area contributed by atoms with Gasteiger partial charge in [0.25, 0.3) is 0 Å². The molecule has 0 amide bonds. The van der Waals surface area contributed by atoms with Crippen molar-refractivity contribution in [3.05, 3.63) is 15.6 Å². The molecule has 0 aliphatic carbocycles. The van der Waals surface area contributed by atoms with Gasteiger partial charge in [-0.15, -0.1) is 11.3 Å². The zero-order valence-electron chi connectivity index (χ0n) is 10.7. The van der Waals surface area contributed by atoms with Gasteiger partial charge in [0.15, 0.2) is 0 Å². The molecule has 1 heterocycles. The minimum absolute atomic E-state index is 0.649. The molecule has 3 nitrogen and oxygen atoms in total. The second kappa shape index (κ2) is 6.99. The maximum Gasteiger partial charge on any atom is 0.119 e. The van der Waals surface area contributed by atoms with Gasteiger partial charge >= 0.3 is 0 Å². The molecule has 0 fully saturated rings. The van der Waals surface area contributed by atoms with Crippen LogP contribution in [0.3, 0.4) is 0 Å². The maximum atomic E-state index is 5.40. The standard InChI is InChI=1S/C12H22N2OS/c1-5-15-8-12-14-10(6-9(2)3)11(16-12)7-13-4/h9,13H,5-8H2,1-4H3. The van der Waals surface area contributed by atoms with Gasteiger partial charge in [0, 0.05) is 18.0 Å². The molecule has 0 bridgehead atoms. The molecule has 0 unspecified atom stereocenters. The second-order valence-electron chi connectivity index (χ2n) is 4.24. The van der Waals surface area contributed by atoms with E-state index >= 15 is 0 Å². The van der Waals surface area contributed by atoms with E-state index in [0.29, 0.717) is 12.5 Å². The second-order valence-corrected chi connectivity index (χ2v) is 5.41. The molecule has 1 rings (SSSR count). The Kier molecular flexibility index (Phi) is 5.95. The Labute approximate surface area is 102 Å². The van der Waals surface area contributed by atoms with Crippen LogP contribution in [-0.4, -0.2) is 18.6 Å². The van der Waals surface area contributed by atoms with E-state index < -0.39 is 0 Å². The Morgan fingerprint density at radius 3 is 2.75 bits per heavy atom. The molecular weight excluding hydrogens is 220 g/mol. The number of thiazole rings is 1. The largest absolute Gasteiger partial charge is 0.375 e. The average molecular weight is 242 g/mol. The zero-order valence-corrected chi connectivity index (χ0v) is 11.5. The van der Waals surface area contributed by atoms with Gasteiger partial charge in [0.2, 0.25) is 0 Å². The van der Waals surface area contributed by atoms with Gasteiger partial charge < -0.3 is 10.1 Å². The van der Waals surface area contributed by atoms with E-state index in [1.54, 1.807) is 11.3 Å². The van der Waals surface area contributed by atoms with Crippen molar-refractivity contribution >= 4 is 11.3 Å². The third-order valence-electron chi connectivity index (χ3n) is 2.19. The van der Waals surface area contributed by atoms with Crippen LogP contribution in [0.5, 0.6) is 0 Å². The number of ether oxygens (including phenoxy) is 1. The molecule has 0 aromatic carbocycles. The fourth-order valence-electron chi connectivity index (χ4n) is 1.53. The van der Waals surface area contributed by atoms with Crippen LogP contribution in [0.4, 0.5) is 0 Å². The average Bonchev–Trinajstić information content (AvgIpc) is 2.58. The van der Waals surface area contributed by atoms with Crippen LogP contribution in [-0.2, 0) is 24.3 Å². The Bertz CT molecular complexity index is 310. The first kappa shape index (κ1) is 13.6. The van der Waals surface area contributed by atoms with Crippen LogP contribution < -0.4 is 5.32 Å². The highest BCUT2D eigenvalue weighted by Gasteiger charge is 2.11. The Morgan fingerprint density at radius 2 is 2.19 bits per heavy atom. The first-order chi connectivity index (χ1) is 7.67. The van der Waals surface area contributed by atoms with Crippen LogP contribution in [0.2, 0.25) is 0 Å². The van der Waals surface area contributed by atoms with Crippen molar-refractivity contribution in [1.29, 1.82) is 0 Å². The molecule has 1 aromatic rings. The summed E-state index contributed by atoms with van der Waals surface area (Å²) in [4.78, 5) is 6.01. The van der Waals surface area contributed by atoms with Crippen molar-refractivity contribution in [1.82, 2.24) is 10.3 Å². The highest BCUT2D eigenvalue weighted by molar-refractivity contribution is 7.11. The van der Waals surface area contributed by atoms with E-state index in [4.69, 9.17) is 4.74 Å². The fourth-order valence-corrected chi connectivity index (χ4v) is 2.58. The summed E-state index contributed by atoms with van der Waals surface area (Å²) in [6.45, 7) is 8.77. The van der Waals surface area contributed by atoms with Crippen LogP contribution in [0.1, 0.15) is 36.3 Å². The number of rotatable bonds is 7. The molecule has 92 valence electrons. The van der Waals surface area contributed by atoms with Gasteiger partial charge in [-0.1, -0.05) is 13.8 Å². The van der Waals surface area contributed by atoms with Gasteiger partial charge in [-0.2, -0.15) is 0 Å². The summed E-state index contributed by atoms with van der Waals surface area (Å²) in [5.74, 6) is 0.651. The van der Waals surface area contributed by atoms with Crippen LogP contribution in [0.15, 0.2) is 0 Å². The fraction of sp³-hybridized carbons (Fsp3) is 0.750. The summed E-state index contributed by atoms with van der Waals surface area (Å²) in [7, 11) is 1.97. The van der Waals surface area contributed by atoms with Gasteiger partial charge in [-0.3, -0.25) is 0 Å². The number of hydrogen-bond acceptors (Lipinski definition) is 4. The van der Waals surface area contributed by atoms with E-state index in [1.165, 1.54) is 10.6 Å². The summed E-state index contributed by atoms with van der Waals surface area (Å²) in [6, 6.07) is 0. The van der Waals surface area contributed by atoms with Gasteiger partial charge in [0.1, 0.15) is 5.01 Å². The molecule has 0 spiro atoms. The van der Waals surface area contributed by atoms with E-state index in [9.17, 15) is 0 Å². The minimum Gasteiger partial charge on any atom is -0.375 e.